The molecule has 2 heterocycles. The number of carbonyl (C=O) groups is 1. The Kier molecular flexibility index (Phi) is 5.35. The van der Waals surface area contributed by atoms with E-state index in [4.69, 9.17) is 0 Å². The van der Waals surface area contributed by atoms with Gasteiger partial charge >= 0.3 is 0 Å². The monoisotopic (exact) mass is 330 g/mol. The van der Waals surface area contributed by atoms with Gasteiger partial charge in [0.25, 0.3) is 0 Å². The number of carbonyl (C=O) groups excluding carboxylic acids is 1. The third kappa shape index (κ3) is 4.14. The number of hydrogen-bond donors (Lipinski definition) is 1. The molecule has 0 saturated carbocycles. The van der Waals surface area contributed by atoms with E-state index in [0.717, 1.165) is 31.7 Å². The van der Waals surface area contributed by atoms with Gasteiger partial charge in [0.15, 0.2) is 0 Å². The Morgan fingerprint density at radius 2 is 2.26 bits per heavy atom. The van der Waals surface area contributed by atoms with Crippen LogP contribution < -0.4 is 10.2 Å². The second-order valence-electron chi connectivity index (χ2n) is 5.68. The highest BCUT2D eigenvalue weighted by Gasteiger charge is 2.23. The quantitative estimate of drug-likeness (QED) is 0.855. The van der Waals surface area contributed by atoms with E-state index < -0.39 is 0 Å². The van der Waals surface area contributed by atoms with E-state index in [0.29, 0.717) is 11.8 Å². The van der Waals surface area contributed by atoms with Crippen molar-refractivity contribution in [1.29, 1.82) is 0 Å². The highest BCUT2D eigenvalue weighted by Crippen LogP contribution is 2.37. The van der Waals surface area contributed by atoms with E-state index in [-0.39, 0.29) is 5.91 Å². The Balaban J connectivity index is 1.58. The summed E-state index contributed by atoms with van der Waals surface area (Å²) in [6.07, 6.45) is 4.70. The molecule has 3 rings (SSSR count). The molecule has 5 nitrogen and oxygen atoms in total. The van der Waals surface area contributed by atoms with Gasteiger partial charge in [-0.3, -0.25) is 9.48 Å². The van der Waals surface area contributed by atoms with Crippen molar-refractivity contribution in [3.63, 3.8) is 0 Å². The third-order valence-corrected chi connectivity index (χ3v) is 5.13. The number of hydrogen-bond acceptors (Lipinski definition) is 4. The number of amides is 1. The maximum Gasteiger partial charge on any atom is 0.240 e. The predicted octanol–water partition coefficient (Wildman–Crippen LogP) is 2.39. The second-order valence-corrected chi connectivity index (χ2v) is 7.16. The number of nitrogens with one attached hydrogen (secondary N) is 1. The topological polar surface area (TPSA) is 50.2 Å². The van der Waals surface area contributed by atoms with Gasteiger partial charge in [-0.15, -0.1) is 11.8 Å². The average Bonchev–Trinajstić information content (AvgIpc) is 3.00. The van der Waals surface area contributed by atoms with Crippen LogP contribution in [0.3, 0.4) is 0 Å². The second kappa shape index (κ2) is 7.66. The molecular weight excluding hydrogens is 308 g/mol. The maximum atomic E-state index is 12.6. The molecule has 1 aromatic heterocycles. The highest BCUT2D eigenvalue weighted by molar-refractivity contribution is 8.00. The Morgan fingerprint density at radius 3 is 3.09 bits per heavy atom. The lowest BCUT2D eigenvalue weighted by Gasteiger charge is -2.22. The summed E-state index contributed by atoms with van der Waals surface area (Å²) in [5.41, 5.74) is 1.04. The molecule has 0 radical (unpaired) electrons. The molecule has 0 saturated heterocycles. The van der Waals surface area contributed by atoms with Crippen LogP contribution in [0.4, 0.5) is 5.69 Å². The predicted molar refractivity (Wildman–Crippen MR) is 93.8 cm³/mol. The molecule has 0 bridgehead atoms. The van der Waals surface area contributed by atoms with Crippen LogP contribution in [0.1, 0.15) is 13.3 Å². The lowest BCUT2D eigenvalue weighted by atomic mass is 10.2. The fourth-order valence-corrected chi connectivity index (χ4v) is 3.78. The molecule has 1 aliphatic rings. The summed E-state index contributed by atoms with van der Waals surface area (Å²) in [5.74, 6) is 0.132. The summed E-state index contributed by atoms with van der Waals surface area (Å²) in [6.45, 7) is 4.86. The number of thioether (sulfide) groups is 1. The highest BCUT2D eigenvalue weighted by atomic mass is 32.2. The third-order valence-electron chi connectivity index (χ3n) is 3.90. The van der Waals surface area contributed by atoms with Gasteiger partial charge in [0.05, 0.1) is 18.8 Å². The van der Waals surface area contributed by atoms with Crippen molar-refractivity contribution < 1.29 is 4.79 Å². The first-order chi connectivity index (χ1) is 11.2. The molecule has 1 unspecified atom stereocenters. The molecule has 122 valence electrons. The van der Waals surface area contributed by atoms with E-state index in [1.807, 2.05) is 51.8 Å². The molecule has 1 aromatic carbocycles. The molecule has 1 N–H and O–H groups in total. The van der Waals surface area contributed by atoms with E-state index >= 15 is 0 Å². The number of benzene rings is 1. The molecule has 0 fully saturated rings. The standard InChI is InChI=1S/C17H22N4OS/c1-14-7-11-21(15-5-2-3-6-16(15)23-14)17(22)13-18-9-12-20-10-4-8-19-20/h2-6,8,10,14,18H,7,9,11-13H2,1H3. The molecule has 1 atom stereocenters. The largest absolute Gasteiger partial charge is 0.310 e. The number of aromatic nitrogens is 2. The van der Waals surface area contributed by atoms with Crippen molar-refractivity contribution in [1.82, 2.24) is 15.1 Å². The van der Waals surface area contributed by atoms with E-state index in [2.05, 4.69) is 23.4 Å². The number of nitrogens with zero attached hydrogens (tertiary/aromatic N) is 3. The number of rotatable bonds is 5. The van der Waals surface area contributed by atoms with Crippen molar-refractivity contribution in [3.05, 3.63) is 42.7 Å². The summed E-state index contributed by atoms with van der Waals surface area (Å²) in [4.78, 5) is 15.7. The van der Waals surface area contributed by atoms with E-state index in [9.17, 15) is 4.79 Å². The smallest absolute Gasteiger partial charge is 0.240 e. The van der Waals surface area contributed by atoms with E-state index in [1.54, 1.807) is 6.20 Å². The zero-order valence-corrected chi connectivity index (χ0v) is 14.1. The van der Waals surface area contributed by atoms with Crippen molar-refractivity contribution in [3.8, 4) is 0 Å². The summed E-state index contributed by atoms with van der Waals surface area (Å²) < 4.78 is 1.86. The molecule has 0 aliphatic carbocycles. The van der Waals surface area contributed by atoms with Gasteiger partial charge in [-0.25, -0.2) is 0 Å². The number of para-hydroxylation sites is 1. The lowest BCUT2D eigenvalue weighted by molar-refractivity contribution is -0.117. The first kappa shape index (κ1) is 16.1. The van der Waals surface area contributed by atoms with Crippen LogP contribution in [0.15, 0.2) is 47.6 Å². The minimum absolute atomic E-state index is 0.132. The van der Waals surface area contributed by atoms with Gasteiger partial charge in [0, 0.05) is 35.6 Å². The maximum absolute atomic E-state index is 12.6. The molecule has 2 aromatic rings. The lowest BCUT2D eigenvalue weighted by Crippen LogP contribution is -2.39. The van der Waals surface area contributed by atoms with Crippen LogP contribution in [0.25, 0.3) is 0 Å². The van der Waals surface area contributed by atoms with Crippen molar-refractivity contribution >= 4 is 23.4 Å². The normalized spacial score (nSPS) is 17.6. The van der Waals surface area contributed by atoms with Crippen LogP contribution in [0.5, 0.6) is 0 Å². The molecular formula is C17H22N4OS. The fraction of sp³-hybridized carbons (Fsp3) is 0.412. The SMILES string of the molecule is CC1CCN(C(=O)CNCCn2cccn2)c2ccccc2S1. The minimum Gasteiger partial charge on any atom is -0.310 e. The van der Waals surface area contributed by atoms with Crippen LogP contribution >= 0.6 is 11.8 Å². The Bertz CT molecular complexity index is 644. The first-order valence-corrected chi connectivity index (χ1v) is 8.86. The number of fused-ring (bicyclic) bond motifs is 1. The van der Waals surface area contributed by atoms with Gasteiger partial charge < -0.3 is 10.2 Å². The minimum atomic E-state index is 0.132. The Labute approximate surface area is 141 Å². The molecule has 1 aliphatic heterocycles. The number of anilines is 1. The average molecular weight is 330 g/mol. The van der Waals surface area contributed by atoms with Gasteiger partial charge in [-0.2, -0.15) is 5.10 Å². The van der Waals surface area contributed by atoms with Crippen molar-refractivity contribution in [2.45, 2.75) is 30.0 Å². The fourth-order valence-electron chi connectivity index (χ4n) is 2.66. The molecule has 23 heavy (non-hydrogen) atoms. The van der Waals surface area contributed by atoms with Gasteiger partial charge in [-0.1, -0.05) is 19.1 Å². The molecule has 1 amide bonds. The first-order valence-electron chi connectivity index (χ1n) is 7.98. The zero-order chi connectivity index (χ0) is 16.1. The molecule has 6 heteroatoms. The van der Waals surface area contributed by atoms with Crippen LogP contribution in [0.2, 0.25) is 0 Å². The van der Waals surface area contributed by atoms with Gasteiger partial charge in [-0.05, 0) is 24.6 Å². The Hall–Kier alpha value is -1.79. The van der Waals surface area contributed by atoms with Crippen LogP contribution in [0, 0.1) is 0 Å². The summed E-state index contributed by atoms with van der Waals surface area (Å²) >= 11 is 1.85. The van der Waals surface area contributed by atoms with Gasteiger partial charge in [0.2, 0.25) is 5.91 Å². The van der Waals surface area contributed by atoms with Gasteiger partial charge in [0.1, 0.15) is 0 Å². The Morgan fingerprint density at radius 1 is 1.39 bits per heavy atom. The zero-order valence-electron chi connectivity index (χ0n) is 13.3. The molecule has 0 spiro atoms. The van der Waals surface area contributed by atoms with Crippen LogP contribution in [-0.2, 0) is 11.3 Å². The van der Waals surface area contributed by atoms with Crippen molar-refractivity contribution in [2.24, 2.45) is 0 Å². The van der Waals surface area contributed by atoms with Crippen molar-refractivity contribution in [2.75, 3.05) is 24.5 Å². The van der Waals surface area contributed by atoms with E-state index in [1.165, 1.54) is 4.90 Å². The van der Waals surface area contributed by atoms with Crippen LogP contribution in [-0.4, -0.2) is 40.6 Å². The summed E-state index contributed by atoms with van der Waals surface area (Å²) in [6, 6.07) is 10.1. The summed E-state index contributed by atoms with van der Waals surface area (Å²) in [7, 11) is 0. The summed E-state index contributed by atoms with van der Waals surface area (Å²) in [5, 5.41) is 7.91.